The summed E-state index contributed by atoms with van der Waals surface area (Å²) in [6.45, 7) is 2.45. The highest BCUT2D eigenvalue weighted by Crippen LogP contribution is 2.15. The lowest BCUT2D eigenvalue weighted by molar-refractivity contribution is -0.102. The zero-order chi connectivity index (χ0) is 8.27. The summed E-state index contributed by atoms with van der Waals surface area (Å²) in [5.41, 5.74) is 0.215. The van der Waals surface area contributed by atoms with E-state index in [0.29, 0.717) is 19.3 Å². The fourth-order valence-electron chi connectivity index (χ4n) is 0.995. The lowest BCUT2D eigenvalue weighted by atomic mass is 10.1. The molecule has 60 valence electrons. The summed E-state index contributed by atoms with van der Waals surface area (Å²) in [6, 6.07) is 0. The number of nitrogens with zero attached hydrogens (tertiary/aromatic N) is 1. The molecule has 11 heavy (non-hydrogen) atoms. The number of aldehydes is 1. The van der Waals surface area contributed by atoms with Crippen molar-refractivity contribution in [3.63, 3.8) is 0 Å². The highest BCUT2D eigenvalue weighted by molar-refractivity contribution is 6.33. The van der Waals surface area contributed by atoms with Crippen LogP contribution in [0, 0.1) is 5.92 Å². The van der Waals surface area contributed by atoms with E-state index < -0.39 is 0 Å². The van der Waals surface area contributed by atoms with Gasteiger partial charge < -0.3 is 0 Å². The maximum atomic E-state index is 12.8. The Hall–Kier alpha value is -0.990. The second kappa shape index (κ2) is 3.42. The molecule has 0 fully saturated rings. The highest BCUT2D eigenvalue weighted by atomic mass is 19.1. The van der Waals surface area contributed by atoms with Gasteiger partial charge in [0.1, 0.15) is 5.83 Å². The summed E-state index contributed by atoms with van der Waals surface area (Å²) < 4.78 is 12.8. The molecule has 1 rings (SSSR count). The summed E-state index contributed by atoms with van der Waals surface area (Å²) in [5.74, 6) is -0.0513. The molecule has 1 unspecified atom stereocenters. The van der Waals surface area contributed by atoms with Crippen LogP contribution in [0.4, 0.5) is 4.39 Å². The first-order valence-electron chi connectivity index (χ1n) is 3.58. The van der Waals surface area contributed by atoms with Crippen molar-refractivity contribution in [2.75, 3.05) is 6.54 Å². The second-order valence-corrected chi connectivity index (χ2v) is 2.78. The van der Waals surface area contributed by atoms with E-state index in [2.05, 4.69) is 4.99 Å². The number of rotatable bonds is 1. The van der Waals surface area contributed by atoms with Crippen LogP contribution >= 0.6 is 0 Å². The lowest BCUT2D eigenvalue weighted by Gasteiger charge is -2.01. The molecule has 0 aromatic carbocycles. The van der Waals surface area contributed by atoms with Crippen LogP contribution in [0.1, 0.15) is 13.3 Å². The van der Waals surface area contributed by atoms with Gasteiger partial charge in [0, 0.05) is 13.0 Å². The van der Waals surface area contributed by atoms with E-state index in [0.717, 1.165) is 0 Å². The Labute approximate surface area is 64.8 Å². The number of hydrogen-bond acceptors (Lipinski definition) is 2. The van der Waals surface area contributed by atoms with Crippen molar-refractivity contribution in [1.82, 2.24) is 0 Å². The van der Waals surface area contributed by atoms with Crippen molar-refractivity contribution in [3.8, 4) is 0 Å². The van der Waals surface area contributed by atoms with Gasteiger partial charge in [-0.25, -0.2) is 4.39 Å². The van der Waals surface area contributed by atoms with E-state index in [1.807, 2.05) is 6.92 Å². The molecule has 2 nitrogen and oxygen atoms in total. The summed E-state index contributed by atoms with van der Waals surface area (Å²) in [7, 11) is 0. The second-order valence-electron chi connectivity index (χ2n) is 2.78. The van der Waals surface area contributed by atoms with Gasteiger partial charge in [-0.1, -0.05) is 6.92 Å². The monoisotopic (exact) mass is 155 g/mol. The maximum Gasteiger partial charge on any atom is 0.168 e. The van der Waals surface area contributed by atoms with Gasteiger partial charge in [0.2, 0.25) is 0 Å². The summed E-state index contributed by atoms with van der Waals surface area (Å²) in [6.07, 6.45) is 2.18. The smallest absolute Gasteiger partial charge is 0.168 e. The molecule has 0 amide bonds. The summed E-state index contributed by atoms with van der Waals surface area (Å²) in [5, 5.41) is 0. The molecule has 0 spiro atoms. The molecule has 0 bridgehead atoms. The zero-order valence-electron chi connectivity index (χ0n) is 6.38. The van der Waals surface area contributed by atoms with Crippen molar-refractivity contribution in [1.29, 1.82) is 0 Å². The van der Waals surface area contributed by atoms with Crippen LogP contribution in [-0.4, -0.2) is 18.5 Å². The standard InChI is InChI=1S/C8H10FNO/c1-6-2-7(9)3-8(5-11)10-4-6/h3,5-6H,2,4H2,1H3. The predicted molar refractivity (Wildman–Crippen MR) is 41.3 cm³/mol. The van der Waals surface area contributed by atoms with Crippen molar-refractivity contribution >= 4 is 12.0 Å². The van der Waals surface area contributed by atoms with E-state index in [9.17, 15) is 9.18 Å². The summed E-state index contributed by atoms with van der Waals surface area (Å²) in [4.78, 5) is 14.1. The Morgan fingerprint density at radius 1 is 1.82 bits per heavy atom. The van der Waals surface area contributed by atoms with Gasteiger partial charge in [-0.05, 0) is 12.0 Å². The van der Waals surface area contributed by atoms with Crippen LogP contribution in [0.15, 0.2) is 16.9 Å². The minimum atomic E-state index is -0.249. The molecule has 1 atom stereocenters. The molecule has 3 heteroatoms. The van der Waals surface area contributed by atoms with Crippen LogP contribution in [-0.2, 0) is 4.79 Å². The number of hydrogen-bond donors (Lipinski definition) is 0. The normalized spacial score (nSPS) is 25.1. The molecule has 0 N–H and O–H groups in total. The molecule has 0 aromatic heterocycles. The fourth-order valence-corrected chi connectivity index (χ4v) is 0.995. The fraction of sp³-hybridized carbons (Fsp3) is 0.500. The Balaban J connectivity index is 2.79. The Bertz CT molecular complexity index is 220. The molecule has 0 saturated carbocycles. The third-order valence-electron chi connectivity index (χ3n) is 1.55. The van der Waals surface area contributed by atoms with Gasteiger partial charge in [-0.2, -0.15) is 0 Å². The van der Waals surface area contributed by atoms with Gasteiger partial charge in [-0.3, -0.25) is 9.79 Å². The van der Waals surface area contributed by atoms with Gasteiger partial charge in [-0.15, -0.1) is 0 Å². The Morgan fingerprint density at radius 3 is 3.18 bits per heavy atom. The quantitative estimate of drug-likeness (QED) is 0.528. The van der Waals surface area contributed by atoms with Crippen LogP contribution < -0.4 is 0 Å². The third-order valence-corrected chi connectivity index (χ3v) is 1.55. The van der Waals surface area contributed by atoms with Crippen LogP contribution in [0.25, 0.3) is 0 Å². The topological polar surface area (TPSA) is 29.4 Å². The number of carbonyl (C=O) groups excluding carboxylic acids is 1. The first-order chi connectivity index (χ1) is 5.22. The zero-order valence-corrected chi connectivity index (χ0v) is 6.38. The van der Waals surface area contributed by atoms with E-state index >= 15 is 0 Å². The predicted octanol–water partition coefficient (Wildman–Crippen LogP) is 1.52. The number of aliphatic imine (C=N–C) groups is 1. The largest absolute Gasteiger partial charge is 0.296 e. The van der Waals surface area contributed by atoms with Crippen LogP contribution in [0.3, 0.4) is 0 Å². The van der Waals surface area contributed by atoms with Crippen molar-refractivity contribution < 1.29 is 9.18 Å². The van der Waals surface area contributed by atoms with Crippen molar-refractivity contribution in [3.05, 3.63) is 11.9 Å². The van der Waals surface area contributed by atoms with Crippen LogP contribution in [0.2, 0.25) is 0 Å². The third kappa shape index (κ3) is 2.26. The average molecular weight is 155 g/mol. The molecule has 1 heterocycles. The Morgan fingerprint density at radius 2 is 2.55 bits per heavy atom. The molecule has 0 aromatic rings. The maximum absolute atomic E-state index is 12.8. The number of halogens is 1. The number of allylic oxidation sites excluding steroid dienone is 2. The molecule has 0 aliphatic carbocycles. The van der Waals surface area contributed by atoms with Gasteiger partial charge in [0.25, 0.3) is 0 Å². The minimum Gasteiger partial charge on any atom is -0.296 e. The first-order valence-corrected chi connectivity index (χ1v) is 3.58. The lowest BCUT2D eigenvalue weighted by Crippen LogP contribution is -1.98. The molecule has 1 aliphatic heterocycles. The molecular weight excluding hydrogens is 145 g/mol. The molecule has 0 radical (unpaired) electrons. The first kappa shape index (κ1) is 8.11. The van der Waals surface area contributed by atoms with Crippen molar-refractivity contribution in [2.45, 2.75) is 13.3 Å². The molecule has 1 aliphatic rings. The van der Waals surface area contributed by atoms with E-state index in [-0.39, 0.29) is 17.5 Å². The summed E-state index contributed by atoms with van der Waals surface area (Å²) >= 11 is 0. The molecule has 0 saturated heterocycles. The average Bonchev–Trinajstić information content (AvgIpc) is 2.11. The SMILES string of the molecule is CC1CN=C(C=O)C=C(F)C1. The van der Waals surface area contributed by atoms with Gasteiger partial charge >= 0.3 is 0 Å². The molecular formula is C8H10FNO. The minimum absolute atomic E-state index is 0.198. The van der Waals surface area contributed by atoms with E-state index in [1.54, 1.807) is 0 Å². The van der Waals surface area contributed by atoms with E-state index in [1.165, 1.54) is 6.08 Å². The highest BCUT2D eigenvalue weighted by Gasteiger charge is 2.10. The Kier molecular flexibility index (Phi) is 2.52. The van der Waals surface area contributed by atoms with E-state index in [4.69, 9.17) is 0 Å². The van der Waals surface area contributed by atoms with Gasteiger partial charge in [0.15, 0.2) is 6.29 Å². The van der Waals surface area contributed by atoms with Gasteiger partial charge in [0.05, 0.1) is 5.71 Å². The van der Waals surface area contributed by atoms with Crippen LogP contribution in [0.5, 0.6) is 0 Å². The van der Waals surface area contributed by atoms with Crippen molar-refractivity contribution in [2.24, 2.45) is 10.9 Å². The number of carbonyl (C=O) groups is 1.